The van der Waals surface area contributed by atoms with Gasteiger partial charge in [0.25, 0.3) is 5.89 Å². The van der Waals surface area contributed by atoms with Crippen LogP contribution in [-0.2, 0) is 11.2 Å². The summed E-state index contributed by atoms with van der Waals surface area (Å²) >= 11 is 0. The van der Waals surface area contributed by atoms with Crippen LogP contribution in [0.3, 0.4) is 0 Å². The van der Waals surface area contributed by atoms with Gasteiger partial charge in [0, 0.05) is 22.0 Å². The smallest absolute Gasteiger partial charge is 0.450 e. The van der Waals surface area contributed by atoms with Crippen LogP contribution in [0.2, 0.25) is 0 Å². The Balaban J connectivity index is 1.49. The third-order valence-corrected chi connectivity index (χ3v) is 5.36. The number of fused-ring (bicyclic) bond motifs is 3. The molecular formula is C22H13F3N4O5. The Bertz CT molecular complexity index is 1470. The highest BCUT2D eigenvalue weighted by Crippen LogP contribution is 2.39. The maximum atomic E-state index is 12.6. The lowest BCUT2D eigenvalue weighted by atomic mass is 10.1. The average Bonchev–Trinajstić information content (AvgIpc) is 3.48. The summed E-state index contributed by atoms with van der Waals surface area (Å²) in [6, 6.07) is 10.4. The number of aromatic nitrogens is 3. The van der Waals surface area contributed by atoms with Gasteiger partial charge in [-0.25, -0.2) is 4.79 Å². The Morgan fingerprint density at radius 1 is 1.24 bits per heavy atom. The molecule has 4 aromatic rings. The zero-order valence-electron chi connectivity index (χ0n) is 17.0. The Morgan fingerprint density at radius 3 is 2.79 bits per heavy atom. The van der Waals surface area contributed by atoms with Crippen LogP contribution in [0.4, 0.5) is 18.0 Å². The monoisotopic (exact) mass is 470 g/mol. The summed E-state index contributed by atoms with van der Waals surface area (Å²) < 4.78 is 52.0. The highest BCUT2D eigenvalue weighted by Gasteiger charge is 2.32. The SMILES string of the molecule is N#Cc1cc(OC(F)(F)F)cc(-c2nc(-c3ccc4[nH]c5c(c4c3)CCC5OC(=O)O)no2)c1. The quantitative estimate of drug-likeness (QED) is 0.382. The van der Waals surface area contributed by atoms with E-state index in [1.165, 1.54) is 6.07 Å². The minimum atomic E-state index is -4.92. The van der Waals surface area contributed by atoms with Gasteiger partial charge in [-0.05, 0) is 54.8 Å². The lowest BCUT2D eigenvalue weighted by Gasteiger charge is -2.09. The van der Waals surface area contributed by atoms with Crippen LogP contribution in [0.15, 0.2) is 40.9 Å². The van der Waals surface area contributed by atoms with Gasteiger partial charge in [-0.15, -0.1) is 13.2 Å². The fourth-order valence-electron chi connectivity index (χ4n) is 4.05. The number of aryl methyl sites for hydroxylation is 1. The first-order valence-corrected chi connectivity index (χ1v) is 9.89. The van der Waals surface area contributed by atoms with Crippen molar-refractivity contribution in [1.82, 2.24) is 15.1 Å². The van der Waals surface area contributed by atoms with Gasteiger partial charge in [-0.1, -0.05) is 5.16 Å². The predicted octanol–water partition coefficient (Wildman–Crippen LogP) is 5.34. The molecule has 9 nitrogen and oxygen atoms in total. The summed E-state index contributed by atoms with van der Waals surface area (Å²) in [6.07, 6.45) is -5.69. The van der Waals surface area contributed by atoms with Crippen LogP contribution in [0.1, 0.15) is 29.3 Å². The Morgan fingerprint density at radius 2 is 2.06 bits per heavy atom. The molecule has 2 heterocycles. The number of H-pyrrole nitrogens is 1. The van der Waals surface area contributed by atoms with Gasteiger partial charge in [0.1, 0.15) is 11.9 Å². The van der Waals surface area contributed by atoms with E-state index in [2.05, 4.69) is 19.9 Å². The number of benzene rings is 2. The lowest BCUT2D eigenvalue weighted by Crippen LogP contribution is -2.17. The van der Waals surface area contributed by atoms with Crippen molar-refractivity contribution in [2.24, 2.45) is 0 Å². The molecule has 2 aromatic heterocycles. The molecule has 2 aromatic carbocycles. The molecule has 0 aliphatic heterocycles. The van der Waals surface area contributed by atoms with Gasteiger partial charge in [0.15, 0.2) is 0 Å². The van der Waals surface area contributed by atoms with Gasteiger partial charge >= 0.3 is 12.5 Å². The van der Waals surface area contributed by atoms with E-state index in [0.717, 1.165) is 28.6 Å². The molecule has 12 heteroatoms. The molecule has 5 rings (SSSR count). The fourth-order valence-corrected chi connectivity index (χ4v) is 4.05. The van der Waals surface area contributed by atoms with Crippen LogP contribution < -0.4 is 4.74 Å². The van der Waals surface area contributed by atoms with E-state index in [4.69, 9.17) is 19.6 Å². The van der Waals surface area contributed by atoms with E-state index >= 15 is 0 Å². The molecule has 0 amide bonds. The first-order valence-electron chi connectivity index (χ1n) is 9.89. The van der Waals surface area contributed by atoms with Crippen molar-refractivity contribution in [3.05, 3.63) is 53.2 Å². The summed E-state index contributed by atoms with van der Waals surface area (Å²) in [5.74, 6) is -0.485. The second-order valence-corrected chi connectivity index (χ2v) is 7.52. The number of rotatable bonds is 4. The van der Waals surface area contributed by atoms with Crippen molar-refractivity contribution in [3.63, 3.8) is 0 Å². The molecule has 1 aliphatic carbocycles. The summed E-state index contributed by atoms with van der Waals surface area (Å²) in [7, 11) is 0. The molecule has 0 saturated carbocycles. The van der Waals surface area contributed by atoms with E-state index in [0.29, 0.717) is 24.1 Å². The van der Waals surface area contributed by atoms with Gasteiger partial charge in [0.05, 0.1) is 17.3 Å². The predicted molar refractivity (Wildman–Crippen MR) is 109 cm³/mol. The number of hydrogen-bond acceptors (Lipinski definition) is 7. The zero-order valence-corrected chi connectivity index (χ0v) is 17.0. The molecule has 0 fully saturated rings. The molecule has 2 N–H and O–H groups in total. The molecule has 1 unspecified atom stereocenters. The molecule has 0 bridgehead atoms. The number of nitrogens with zero attached hydrogens (tertiary/aromatic N) is 3. The average molecular weight is 470 g/mol. The molecule has 0 saturated heterocycles. The first-order chi connectivity index (χ1) is 16.2. The normalized spacial score (nSPS) is 15.2. The van der Waals surface area contributed by atoms with Crippen molar-refractivity contribution < 1.29 is 37.1 Å². The summed E-state index contributed by atoms with van der Waals surface area (Å²) in [5, 5.41) is 22.8. The van der Waals surface area contributed by atoms with Crippen LogP contribution in [0, 0.1) is 11.3 Å². The molecule has 0 spiro atoms. The third kappa shape index (κ3) is 3.99. The Labute approximate surface area is 188 Å². The molecule has 1 atom stereocenters. The molecular weight excluding hydrogens is 457 g/mol. The number of nitriles is 1. The molecule has 34 heavy (non-hydrogen) atoms. The standard InChI is InChI=1S/C22H13F3N4O5/c23-22(24,25)33-13-6-10(9-26)5-12(7-13)20-28-19(29-34-20)11-1-3-16-15(8-11)14-2-4-17(18(14)27-16)32-21(30)31/h1,3,5-8,17,27H,2,4H2,(H,30,31). The number of aromatic amines is 1. The minimum absolute atomic E-state index is 0.0704. The van der Waals surface area contributed by atoms with E-state index in [1.807, 2.05) is 6.07 Å². The van der Waals surface area contributed by atoms with E-state index in [9.17, 15) is 18.0 Å². The Kier molecular flexibility index (Phi) is 4.89. The van der Waals surface area contributed by atoms with Gasteiger partial charge < -0.3 is 24.1 Å². The molecule has 172 valence electrons. The highest BCUT2D eigenvalue weighted by atomic mass is 19.4. The number of carboxylic acid groups (broad SMARTS) is 1. The van der Waals surface area contributed by atoms with Crippen LogP contribution in [-0.4, -0.2) is 32.7 Å². The Hall–Kier alpha value is -4.53. The summed E-state index contributed by atoms with van der Waals surface area (Å²) in [4.78, 5) is 18.4. The maximum Gasteiger partial charge on any atom is 0.573 e. The first kappa shape index (κ1) is 21.3. The number of halogens is 3. The molecule has 0 radical (unpaired) electrons. The second kappa shape index (κ2) is 7.80. The summed E-state index contributed by atoms with van der Waals surface area (Å²) in [5.41, 5.74) is 3.02. The number of alkyl halides is 3. The van der Waals surface area contributed by atoms with E-state index in [1.54, 1.807) is 18.2 Å². The van der Waals surface area contributed by atoms with Crippen LogP contribution >= 0.6 is 0 Å². The van der Waals surface area contributed by atoms with Crippen molar-refractivity contribution in [1.29, 1.82) is 5.26 Å². The lowest BCUT2D eigenvalue weighted by molar-refractivity contribution is -0.274. The van der Waals surface area contributed by atoms with E-state index in [-0.39, 0.29) is 22.8 Å². The van der Waals surface area contributed by atoms with Crippen molar-refractivity contribution in [3.8, 4) is 34.7 Å². The maximum absolute atomic E-state index is 12.6. The molecule has 1 aliphatic rings. The van der Waals surface area contributed by atoms with Gasteiger partial charge in [-0.2, -0.15) is 10.2 Å². The van der Waals surface area contributed by atoms with Gasteiger partial charge in [0.2, 0.25) is 5.82 Å². The van der Waals surface area contributed by atoms with Crippen LogP contribution in [0.25, 0.3) is 33.7 Å². The van der Waals surface area contributed by atoms with Crippen LogP contribution in [0.5, 0.6) is 5.75 Å². The number of ether oxygens (including phenoxy) is 2. The second-order valence-electron chi connectivity index (χ2n) is 7.52. The van der Waals surface area contributed by atoms with Crippen molar-refractivity contribution >= 4 is 17.1 Å². The topological polar surface area (TPSA) is 134 Å². The van der Waals surface area contributed by atoms with Crippen molar-refractivity contribution in [2.45, 2.75) is 25.3 Å². The third-order valence-electron chi connectivity index (χ3n) is 5.36. The largest absolute Gasteiger partial charge is 0.573 e. The van der Waals surface area contributed by atoms with E-state index < -0.39 is 24.4 Å². The van der Waals surface area contributed by atoms with Crippen molar-refractivity contribution in [2.75, 3.05) is 0 Å². The van der Waals surface area contributed by atoms with Gasteiger partial charge in [-0.3, -0.25) is 0 Å². The zero-order chi connectivity index (χ0) is 24.0. The fraction of sp³-hybridized carbons (Fsp3) is 0.182. The number of nitrogens with one attached hydrogen (secondary N) is 1. The summed E-state index contributed by atoms with van der Waals surface area (Å²) in [6.45, 7) is 0. The minimum Gasteiger partial charge on any atom is -0.450 e. The highest BCUT2D eigenvalue weighted by molar-refractivity contribution is 5.89. The number of carbonyl (C=O) groups is 1. The number of hydrogen-bond donors (Lipinski definition) is 2.